The fraction of sp³-hybridized carbons (Fsp3) is 0.545. The van der Waals surface area contributed by atoms with E-state index in [2.05, 4.69) is 15.4 Å². The summed E-state index contributed by atoms with van der Waals surface area (Å²) in [6.45, 7) is 3.13. The molecule has 1 aliphatic rings. The first kappa shape index (κ1) is 12.4. The highest BCUT2D eigenvalue weighted by Gasteiger charge is 2.35. The van der Waals surface area contributed by atoms with Gasteiger partial charge >= 0.3 is 0 Å². The lowest BCUT2D eigenvalue weighted by Crippen LogP contribution is -2.47. The monoisotopic (exact) mass is 251 g/mol. The Morgan fingerprint density at radius 1 is 1.61 bits per heavy atom. The molecule has 0 unspecified atom stereocenters. The maximum Gasteiger partial charge on any atom is 0.257 e. The summed E-state index contributed by atoms with van der Waals surface area (Å²) in [7, 11) is 0. The Morgan fingerprint density at radius 2 is 2.28 bits per heavy atom. The largest absolute Gasteiger partial charge is 0.409 e. The minimum atomic E-state index is -0.331. The number of hydrogen-bond donors (Lipinski definition) is 3. The number of carbonyl (C=O) groups excluding carboxylic acids is 1. The van der Waals surface area contributed by atoms with Crippen molar-refractivity contribution in [1.82, 2.24) is 15.1 Å². The molecular formula is C11H17N5O2. The van der Waals surface area contributed by atoms with E-state index in [9.17, 15) is 4.79 Å². The number of nitrogens with two attached hydrogens (primary N) is 1. The van der Waals surface area contributed by atoms with E-state index in [0.29, 0.717) is 31.5 Å². The molecule has 0 saturated carbocycles. The van der Waals surface area contributed by atoms with Gasteiger partial charge in [0.15, 0.2) is 0 Å². The minimum absolute atomic E-state index is 0.0368. The molecule has 1 aromatic rings. The normalized spacial score (nSPS) is 19.8. The van der Waals surface area contributed by atoms with Crippen molar-refractivity contribution in [3.05, 3.63) is 18.0 Å². The number of hydrogen-bond acceptors (Lipinski definition) is 4. The van der Waals surface area contributed by atoms with Crippen LogP contribution in [0, 0.1) is 5.41 Å². The molecule has 0 aliphatic carbocycles. The standard InChI is InChI=1S/C11H17N5O2/c1-11(10(12)15-18)2-4-16(5-3-11)9(17)8-6-13-14-7-8/h6-7,18H,2-5H2,1H3,(H2,12,15)(H,13,14). The third kappa shape index (κ3) is 2.15. The fourth-order valence-corrected chi connectivity index (χ4v) is 2.13. The fourth-order valence-electron chi connectivity index (χ4n) is 2.13. The first-order chi connectivity index (χ1) is 8.57. The zero-order valence-corrected chi connectivity index (χ0v) is 10.3. The smallest absolute Gasteiger partial charge is 0.257 e. The van der Waals surface area contributed by atoms with Crippen molar-refractivity contribution in [3.8, 4) is 0 Å². The van der Waals surface area contributed by atoms with Crippen LogP contribution in [-0.4, -0.2) is 45.1 Å². The van der Waals surface area contributed by atoms with Crippen LogP contribution in [0.25, 0.3) is 0 Å². The maximum absolute atomic E-state index is 12.1. The molecule has 1 amide bonds. The average Bonchev–Trinajstić information content (AvgIpc) is 2.91. The van der Waals surface area contributed by atoms with Crippen LogP contribution in [0.2, 0.25) is 0 Å². The zero-order chi connectivity index (χ0) is 13.2. The van der Waals surface area contributed by atoms with Crippen molar-refractivity contribution >= 4 is 11.7 Å². The molecule has 0 atom stereocenters. The Labute approximate surface area is 105 Å². The SMILES string of the molecule is CC1(C(N)=NO)CCN(C(=O)c2cn[nH]c2)CC1. The highest BCUT2D eigenvalue weighted by molar-refractivity contribution is 5.94. The number of piperidine rings is 1. The average molecular weight is 251 g/mol. The van der Waals surface area contributed by atoms with Crippen LogP contribution in [0.1, 0.15) is 30.1 Å². The molecule has 1 saturated heterocycles. The van der Waals surface area contributed by atoms with Crippen molar-refractivity contribution in [2.45, 2.75) is 19.8 Å². The van der Waals surface area contributed by atoms with Crippen LogP contribution >= 0.6 is 0 Å². The van der Waals surface area contributed by atoms with Crippen LogP contribution in [0.3, 0.4) is 0 Å². The number of oxime groups is 1. The third-order valence-corrected chi connectivity index (χ3v) is 3.63. The summed E-state index contributed by atoms with van der Waals surface area (Å²) in [4.78, 5) is 13.8. The van der Waals surface area contributed by atoms with E-state index < -0.39 is 0 Å². The highest BCUT2D eigenvalue weighted by Crippen LogP contribution is 2.31. The van der Waals surface area contributed by atoms with Crippen LogP contribution < -0.4 is 5.73 Å². The van der Waals surface area contributed by atoms with Crippen molar-refractivity contribution < 1.29 is 10.0 Å². The number of aromatic nitrogens is 2. The summed E-state index contributed by atoms with van der Waals surface area (Å²) in [6, 6.07) is 0. The Morgan fingerprint density at radius 3 is 2.78 bits per heavy atom. The van der Waals surface area contributed by atoms with Crippen LogP contribution in [-0.2, 0) is 0 Å². The molecule has 1 fully saturated rings. The second kappa shape index (κ2) is 4.67. The Hall–Kier alpha value is -2.05. The third-order valence-electron chi connectivity index (χ3n) is 3.63. The van der Waals surface area contributed by atoms with Gasteiger partial charge < -0.3 is 15.8 Å². The first-order valence-electron chi connectivity index (χ1n) is 5.83. The number of likely N-dealkylation sites (tertiary alicyclic amines) is 1. The number of amidine groups is 1. The summed E-state index contributed by atoms with van der Waals surface area (Å²) in [5.74, 6) is 0.197. The van der Waals surface area contributed by atoms with E-state index in [1.165, 1.54) is 6.20 Å². The zero-order valence-electron chi connectivity index (χ0n) is 10.3. The lowest BCUT2D eigenvalue weighted by Gasteiger charge is -2.38. The van der Waals surface area contributed by atoms with Gasteiger partial charge in [0.25, 0.3) is 5.91 Å². The maximum atomic E-state index is 12.1. The van der Waals surface area contributed by atoms with E-state index in [-0.39, 0.29) is 17.2 Å². The van der Waals surface area contributed by atoms with E-state index >= 15 is 0 Å². The number of H-pyrrole nitrogens is 1. The molecule has 0 aromatic carbocycles. The highest BCUT2D eigenvalue weighted by atomic mass is 16.4. The number of aromatic amines is 1. The summed E-state index contributed by atoms with van der Waals surface area (Å²) in [5, 5.41) is 18.2. The van der Waals surface area contributed by atoms with Gasteiger partial charge in [-0.05, 0) is 12.8 Å². The lowest BCUT2D eigenvalue weighted by molar-refractivity contribution is 0.0666. The van der Waals surface area contributed by atoms with Gasteiger partial charge in [-0.3, -0.25) is 9.89 Å². The molecule has 7 nitrogen and oxygen atoms in total. The molecule has 2 heterocycles. The number of amides is 1. The molecule has 2 rings (SSSR count). The van der Waals surface area contributed by atoms with Crippen molar-refractivity contribution in [3.63, 3.8) is 0 Å². The second-order valence-electron chi connectivity index (χ2n) is 4.83. The molecule has 0 spiro atoms. The Bertz CT molecular complexity index is 446. The topological polar surface area (TPSA) is 108 Å². The molecule has 1 aromatic heterocycles. The number of nitrogens with zero attached hydrogens (tertiary/aromatic N) is 3. The molecule has 18 heavy (non-hydrogen) atoms. The van der Waals surface area contributed by atoms with Gasteiger partial charge in [-0.25, -0.2) is 0 Å². The minimum Gasteiger partial charge on any atom is -0.409 e. The summed E-state index contributed by atoms with van der Waals surface area (Å²) in [5.41, 5.74) is 5.91. The lowest BCUT2D eigenvalue weighted by atomic mass is 9.79. The van der Waals surface area contributed by atoms with Gasteiger partial charge in [0.05, 0.1) is 11.8 Å². The number of nitrogens with one attached hydrogen (secondary N) is 1. The summed E-state index contributed by atoms with van der Waals surface area (Å²) in [6.07, 6.45) is 4.47. The van der Waals surface area contributed by atoms with E-state index in [1.54, 1.807) is 11.1 Å². The quantitative estimate of drug-likeness (QED) is 0.306. The summed E-state index contributed by atoms with van der Waals surface area (Å²) < 4.78 is 0. The number of rotatable bonds is 2. The Kier molecular flexibility index (Phi) is 3.22. The molecule has 98 valence electrons. The van der Waals surface area contributed by atoms with Gasteiger partial charge in [-0.15, -0.1) is 0 Å². The molecule has 4 N–H and O–H groups in total. The number of carbonyl (C=O) groups is 1. The van der Waals surface area contributed by atoms with Crippen LogP contribution in [0.5, 0.6) is 0 Å². The van der Waals surface area contributed by atoms with Gasteiger partial charge in [0, 0.05) is 24.7 Å². The molecule has 0 radical (unpaired) electrons. The van der Waals surface area contributed by atoms with E-state index in [4.69, 9.17) is 10.9 Å². The van der Waals surface area contributed by atoms with Crippen LogP contribution in [0.4, 0.5) is 0 Å². The Balaban J connectivity index is 2.01. The molecule has 0 bridgehead atoms. The van der Waals surface area contributed by atoms with Crippen LogP contribution in [0.15, 0.2) is 17.5 Å². The van der Waals surface area contributed by atoms with Gasteiger partial charge in [0.2, 0.25) is 0 Å². The van der Waals surface area contributed by atoms with Crippen molar-refractivity contribution in [2.24, 2.45) is 16.3 Å². The molecule has 7 heteroatoms. The van der Waals surface area contributed by atoms with Gasteiger partial charge in [-0.2, -0.15) is 5.10 Å². The first-order valence-corrected chi connectivity index (χ1v) is 5.83. The molecular weight excluding hydrogens is 234 g/mol. The second-order valence-corrected chi connectivity index (χ2v) is 4.83. The van der Waals surface area contributed by atoms with Gasteiger partial charge in [-0.1, -0.05) is 12.1 Å². The van der Waals surface area contributed by atoms with Crippen molar-refractivity contribution in [1.29, 1.82) is 0 Å². The van der Waals surface area contributed by atoms with E-state index in [1.807, 2.05) is 6.92 Å². The predicted octanol–water partition coefficient (Wildman–Crippen LogP) is 0.398. The summed E-state index contributed by atoms with van der Waals surface area (Å²) >= 11 is 0. The molecule has 1 aliphatic heterocycles. The van der Waals surface area contributed by atoms with Crippen molar-refractivity contribution in [2.75, 3.05) is 13.1 Å². The van der Waals surface area contributed by atoms with Gasteiger partial charge in [0.1, 0.15) is 5.84 Å². The van der Waals surface area contributed by atoms with E-state index in [0.717, 1.165) is 0 Å². The predicted molar refractivity (Wildman–Crippen MR) is 65.2 cm³/mol.